The summed E-state index contributed by atoms with van der Waals surface area (Å²) in [7, 11) is -3.60. The zero-order valence-electron chi connectivity index (χ0n) is 14.6. The van der Waals surface area contributed by atoms with Gasteiger partial charge in [0, 0.05) is 26.1 Å². The van der Waals surface area contributed by atoms with E-state index in [4.69, 9.17) is 0 Å². The Labute approximate surface area is 149 Å². The SMILES string of the molecule is CC(O)CCNS(=O)(=O)c1ccc2c(c1)CN(C(=O)CC1CC1)CC2. The van der Waals surface area contributed by atoms with Crippen molar-refractivity contribution in [2.45, 2.75) is 56.6 Å². The highest BCUT2D eigenvalue weighted by molar-refractivity contribution is 7.89. The van der Waals surface area contributed by atoms with Crippen molar-refractivity contribution in [3.8, 4) is 0 Å². The molecule has 1 heterocycles. The van der Waals surface area contributed by atoms with Crippen molar-refractivity contribution in [1.29, 1.82) is 0 Å². The number of aliphatic hydroxyl groups excluding tert-OH is 1. The number of hydrogen-bond donors (Lipinski definition) is 2. The molecule has 6 nitrogen and oxygen atoms in total. The Morgan fingerprint density at radius 3 is 2.80 bits per heavy atom. The number of sulfonamides is 1. The highest BCUT2D eigenvalue weighted by atomic mass is 32.2. The van der Waals surface area contributed by atoms with E-state index in [0.29, 0.717) is 31.8 Å². The van der Waals surface area contributed by atoms with Crippen molar-refractivity contribution < 1.29 is 18.3 Å². The van der Waals surface area contributed by atoms with Gasteiger partial charge < -0.3 is 10.0 Å². The Hall–Kier alpha value is -1.44. The minimum Gasteiger partial charge on any atom is -0.393 e. The fourth-order valence-corrected chi connectivity index (χ4v) is 4.19. The van der Waals surface area contributed by atoms with Gasteiger partial charge in [-0.25, -0.2) is 13.1 Å². The molecule has 25 heavy (non-hydrogen) atoms. The van der Waals surface area contributed by atoms with E-state index in [1.807, 2.05) is 11.0 Å². The van der Waals surface area contributed by atoms with E-state index >= 15 is 0 Å². The first-order valence-electron chi connectivity index (χ1n) is 8.92. The third-order valence-electron chi connectivity index (χ3n) is 4.87. The van der Waals surface area contributed by atoms with E-state index in [9.17, 15) is 18.3 Å². The third-order valence-corrected chi connectivity index (χ3v) is 6.33. The Bertz CT molecular complexity index is 741. The summed E-state index contributed by atoms with van der Waals surface area (Å²) in [5.41, 5.74) is 2.02. The number of fused-ring (bicyclic) bond motifs is 1. The molecule has 3 rings (SSSR count). The van der Waals surface area contributed by atoms with Crippen LogP contribution in [0.5, 0.6) is 0 Å². The Morgan fingerprint density at radius 1 is 1.36 bits per heavy atom. The first-order chi connectivity index (χ1) is 11.8. The van der Waals surface area contributed by atoms with E-state index in [1.54, 1.807) is 19.1 Å². The maximum atomic E-state index is 12.4. The highest BCUT2D eigenvalue weighted by Gasteiger charge is 2.29. The third kappa shape index (κ3) is 4.80. The zero-order chi connectivity index (χ0) is 18.0. The van der Waals surface area contributed by atoms with Crippen LogP contribution in [0.1, 0.15) is 43.7 Å². The van der Waals surface area contributed by atoms with Crippen LogP contribution in [0, 0.1) is 5.92 Å². The minimum atomic E-state index is -3.60. The number of amides is 1. The van der Waals surface area contributed by atoms with Crippen LogP contribution in [0.15, 0.2) is 23.1 Å². The molecule has 1 amide bonds. The Balaban J connectivity index is 1.69. The van der Waals surface area contributed by atoms with Gasteiger partial charge in [0.05, 0.1) is 11.0 Å². The van der Waals surface area contributed by atoms with Crippen LogP contribution in [0.4, 0.5) is 0 Å². The van der Waals surface area contributed by atoms with Gasteiger partial charge in [-0.1, -0.05) is 6.07 Å². The second-order valence-electron chi connectivity index (χ2n) is 7.18. The predicted octanol–water partition coefficient (Wildman–Crippen LogP) is 1.42. The van der Waals surface area contributed by atoms with Crippen LogP contribution in [0.25, 0.3) is 0 Å². The molecule has 2 N–H and O–H groups in total. The lowest BCUT2D eigenvalue weighted by molar-refractivity contribution is -0.132. The normalized spacial score (nSPS) is 18.7. The highest BCUT2D eigenvalue weighted by Crippen LogP contribution is 2.33. The molecule has 0 spiro atoms. The molecule has 1 atom stereocenters. The molecule has 0 saturated heterocycles. The maximum Gasteiger partial charge on any atom is 0.240 e. The van der Waals surface area contributed by atoms with Crippen molar-refractivity contribution in [2.75, 3.05) is 13.1 Å². The van der Waals surface area contributed by atoms with Gasteiger partial charge in [-0.3, -0.25) is 4.79 Å². The number of carbonyl (C=O) groups is 1. The van der Waals surface area contributed by atoms with E-state index < -0.39 is 16.1 Å². The van der Waals surface area contributed by atoms with Crippen LogP contribution in [0.3, 0.4) is 0 Å². The summed E-state index contributed by atoms with van der Waals surface area (Å²) in [5, 5.41) is 9.25. The van der Waals surface area contributed by atoms with Gasteiger partial charge in [-0.15, -0.1) is 0 Å². The zero-order valence-corrected chi connectivity index (χ0v) is 15.4. The van der Waals surface area contributed by atoms with Gasteiger partial charge in [-0.2, -0.15) is 0 Å². The molecular weight excluding hydrogens is 340 g/mol. The number of rotatable bonds is 7. The molecule has 7 heteroatoms. The summed E-state index contributed by atoms with van der Waals surface area (Å²) in [5.74, 6) is 0.732. The molecule has 1 aromatic carbocycles. The largest absolute Gasteiger partial charge is 0.393 e. The summed E-state index contributed by atoms with van der Waals surface area (Å²) in [6, 6.07) is 5.14. The second kappa shape index (κ2) is 7.43. The van der Waals surface area contributed by atoms with Gasteiger partial charge in [0.15, 0.2) is 0 Å². The molecular formula is C18H26N2O4S. The monoisotopic (exact) mass is 366 g/mol. The first kappa shape index (κ1) is 18.4. The number of nitrogens with zero attached hydrogens (tertiary/aromatic N) is 1. The van der Waals surface area contributed by atoms with E-state index in [-0.39, 0.29) is 17.3 Å². The second-order valence-corrected chi connectivity index (χ2v) is 8.95. The average Bonchev–Trinajstić information content (AvgIpc) is 3.37. The molecule has 1 aromatic rings. The fourth-order valence-electron chi connectivity index (χ4n) is 3.10. The molecule has 1 fully saturated rings. The van der Waals surface area contributed by atoms with Crippen molar-refractivity contribution >= 4 is 15.9 Å². The average molecular weight is 366 g/mol. The topological polar surface area (TPSA) is 86.7 Å². The van der Waals surface area contributed by atoms with Crippen molar-refractivity contribution in [3.05, 3.63) is 29.3 Å². The van der Waals surface area contributed by atoms with Crippen molar-refractivity contribution in [3.63, 3.8) is 0 Å². The van der Waals surface area contributed by atoms with Gasteiger partial charge in [-0.05, 0) is 61.8 Å². The van der Waals surface area contributed by atoms with Crippen LogP contribution in [-0.2, 0) is 27.8 Å². The number of hydrogen-bond acceptors (Lipinski definition) is 4. The summed E-state index contributed by atoms with van der Waals surface area (Å²) in [4.78, 5) is 14.4. The summed E-state index contributed by atoms with van der Waals surface area (Å²) < 4.78 is 27.3. The number of aliphatic hydroxyl groups is 1. The predicted molar refractivity (Wildman–Crippen MR) is 94.4 cm³/mol. The minimum absolute atomic E-state index is 0.177. The molecule has 0 bridgehead atoms. The van der Waals surface area contributed by atoms with Crippen molar-refractivity contribution in [1.82, 2.24) is 9.62 Å². The molecule has 1 saturated carbocycles. The molecule has 1 unspecified atom stereocenters. The van der Waals surface area contributed by atoms with Gasteiger partial charge >= 0.3 is 0 Å². The molecule has 0 radical (unpaired) electrons. The van der Waals surface area contributed by atoms with Gasteiger partial charge in [0.2, 0.25) is 15.9 Å². The maximum absolute atomic E-state index is 12.4. The number of carbonyl (C=O) groups excluding carboxylic acids is 1. The van der Waals surface area contributed by atoms with Gasteiger partial charge in [0.25, 0.3) is 0 Å². The van der Waals surface area contributed by atoms with E-state index in [2.05, 4.69) is 4.72 Å². The summed E-state index contributed by atoms with van der Waals surface area (Å²) in [6.45, 7) is 3.01. The number of nitrogens with one attached hydrogen (secondary N) is 1. The smallest absolute Gasteiger partial charge is 0.240 e. The standard InChI is InChI=1S/C18H26N2O4S/c1-13(21)6-8-19-25(23,24)17-5-4-15-7-9-20(12-16(15)11-17)18(22)10-14-2-3-14/h4-5,11,13-14,19,21H,2-3,6-10,12H2,1H3. The number of benzene rings is 1. The lowest BCUT2D eigenvalue weighted by atomic mass is 9.99. The van der Waals surface area contributed by atoms with Gasteiger partial charge in [0.1, 0.15) is 0 Å². The Morgan fingerprint density at radius 2 is 2.12 bits per heavy atom. The Kier molecular flexibility index (Phi) is 5.46. The molecule has 138 valence electrons. The molecule has 1 aliphatic heterocycles. The molecule has 2 aliphatic rings. The quantitative estimate of drug-likeness (QED) is 0.764. The van der Waals surface area contributed by atoms with Crippen molar-refractivity contribution in [2.24, 2.45) is 5.92 Å². The summed E-state index contributed by atoms with van der Waals surface area (Å²) >= 11 is 0. The summed E-state index contributed by atoms with van der Waals surface area (Å²) in [6.07, 6.45) is 3.51. The van der Waals surface area contributed by atoms with E-state index in [1.165, 1.54) is 0 Å². The van der Waals surface area contributed by atoms with Crippen LogP contribution in [0.2, 0.25) is 0 Å². The van der Waals surface area contributed by atoms with Crippen LogP contribution in [-0.4, -0.2) is 43.5 Å². The first-order valence-corrected chi connectivity index (χ1v) is 10.4. The lowest BCUT2D eigenvalue weighted by Crippen LogP contribution is -2.36. The van der Waals surface area contributed by atoms with Crippen LogP contribution < -0.4 is 4.72 Å². The van der Waals surface area contributed by atoms with Crippen LogP contribution >= 0.6 is 0 Å². The lowest BCUT2D eigenvalue weighted by Gasteiger charge is -2.29. The molecule has 0 aromatic heterocycles. The van der Waals surface area contributed by atoms with E-state index in [0.717, 1.165) is 30.4 Å². The molecule has 1 aliphatic carbocycles. The fraction of sp³-hybridized carbons (Fsp3) is 0.611.